The maximum atomic E-state index is 4.63. The molecule has 0 amide bonds. The Bertz CT molecular complexity index is 634. The van der Waals surface area contributed by atoms with Gasteiger partial charge in [0.05, 0.1) is 11.3 Å². The van der Waals surface area contributed by atoms with Crippen molar-refractivity contribution in [2.24, 2.45) is 7.05 Å². The molecule has 0 aromatic carbocycles. The van der Waals surface area contributed by atoms with Gasteiger partial charge < -0.3 is 5.32 Å². The van der Waals surface area contributed by atoms with Crippen molar-refractivity contribution in [2.75, 3.05) is 12.4 Å². The highest BCUT2D eigenvalue weighted by atomic mass is 15.3. The number of aryl methyl sites for hydroxylation is 2. The van der Waals surface area contributed by atoms with Crippen LogP contribution in [0.1, 0.15) is 37.7 Å². The molecule has 2 aromatic rings. The quantitative estimate of drug-likeness (QED) is 0.914. The van der Waals surface area contributed by atoms with Crippen LogP contribution in [-0.2, 0) is 12.5 Å². The highest BCUT2D eigenvalue weighted by Gasteiger charge is 2.24. The van der Waals surface area contributed by atoms with Gasteiger partial charge in [0, 0.05) is 37.0 Å². The van der Waals surface area contributed by atoms with Crippen LogP contribution in [0, 0.1) is 13.8 Å². The van der Waals surface area contributed by atoms with Crippen LogP contribution in [0.3, 0.4) is 0 Å². The molecular weight excluding hydrogens is 250 g/mol. The SMILES string of the molecule is CNc1nc(-c2cn(C)nc2C(C)(C)C)nc(C)c1C. The molecular formula is C15H23N5. The van der Waals surface area contributed by atoms with Gasteiger partial charge in [0.2, 0.25) is 0 Å². The molecule has 0 saturated heterocycles. The molecule has 0 bridgehead atoms. The van der Waals surface area contributed by atoms with E-state index in [0.29, 0.717) is 0 Å². The lowest BCUT2D eigenvalue weighted by molar-refractivity contribution is 0.554. The number of nitrogens with zero attached hydrogens (tertiary/aromatic N) is 4. The molecule has 2 aromatic heterocycles. The Morgan fingerprint density at radius 3 is 2.35 bits per heavy atom. The molecule has 0 fully saturated rings. The van der Waals surface area contributed by atoms with E-state index in [0.717, 1.165) is 34.2 Å². The fourth-order valence-corrected chi connectivity index (χ4v) is 2.20. The van der Waals surface area contributed by atoms with Crippen molar-refractivity contribution in [1.82, 2.24) is 19.7 Å². The lowest BCUT2D eigenvalue weighted by Crippen LogP contribution is -2.14. The molecule has 0 aliphatic carbocycles. The number of hydrogen-bond acceptors (Lipinski definition) is 4. The van der Waals surface area contributed by atoms with Crippen molar-refractivity contribution in [3.63, 3.8) is 0 Å². The van der Waals surface area contributed by atoms with Crippen LogP contribution in [0.2, 0.25) is 0 Å². The van der Waals surface area contributed by atoms with Crippen molar-refractivity contribution < 1.29 is 0 Å². The van der Waals surface area contributed by atoms with Crippen LogP contribution in [0.4, 0.5) is 5.82 Å². The van der Waals surface area contributed by atoms with Crippen LogP contribution in [0.15, 0.2) is 6.20 Å². The van der Waals surface area contributed by atoms with Gasteiger partial charge >= 0.3 is 0 Å². The smallest absolute Gasteiger partial charge is 0.165 e. The molecule has 0 radical (unpaired) electrons. The summed E-state index contributed by atoms with van der Waals surface area (Å²) in [5.41, 5.74) is 4.05. The van der Waals surface area contributed by atoms with E-state index in [1.807, 2.05) is 38.8 Å². The summed E-state index contributed by atoms with van der Waals surface area (Å²) in [6, 6.07) is 0. The summed E-state index contributed by atoms with van der Waals surface area (Å²) in [6.07, 6.45) is 1.99. The second-order valence-electron chi connectivity index (χ2n) is 6.17. The van der Waals surface area contributed by atoms with E-state index in [2.05, 4.69) is 41.2 Å². The Morgan fingerprint density at radius 1 is 1.15 bits per heavy atom. The Hall–Kier alpha value is -1.91. The number of rotatable bonds is 2. The van der Waals surface area contributed by atoms with E-state index in [9.17, 15) is 0 Å². The Morgan fingerprint density at radius 2 is 1.80 bits per heavy atom. The lowest BCUT2D eigenvalue weighted by Gasteiger charge is -2.17. The van der Waals surface area contributed by atoms with Gasteiger partial charge in [-0.3, -0.25) is 4.68 Å². The molecule has 5 heteroatoms. The van der Waals surface area contributed by atoms with Crippen molar-refractivity contribution in [1.29, 1.82) is 0 Å². The zero-order valence-electron chi connectivity index (χ0n) is 13.4. The standard InChI is InChI=1S/C15H23N5/c1-9-10(2)17-14(18-13(9)16-6)11-8-20(7)19-12(11)15(3,4)5/h8H,1-7H3,(H,16,17,18). The summed E-state index contributed by atoms with van der Waals surface area (Å²) in [7, 11) is 3.81. The zero-order valence-corrected chi connectivity index (χ0v) is 13.4. The predicted octanol–water partition coefficient (Wildman–Crippen LogP) is 2.83. The van der Waals surface area contributed by atoms with E-state index in [4.69, 9.17) is 0 Å². The molecule has 0 saturated carbocycles. The van der Waals surface area contributed by atoms with E-state index < -0.39 is 0 Å². The topological polar surface area (TPSA) is 55.6 Å². The van der Waals surface area contributed by atoms with Crippen molar-refractivity contribution in [3.05, 3.63) is 23.1 Å². The summed E-state index contributed by atoms with van der Waals surface area (Å²) >= 11 is 0. The highest BCUT2D eigenvalue weighted by Crippen LogP contribution is 2.31. The predicted molar refractivity (Wildman–Crippen MR) is 82.0 cm³/mol. The molecule has 0 spiro atoms. The Kier molecular flexibility index (Phi) is 3.54. The molecule has 0 unspecified atom stereocenters. The number of anilines is 1. The third-order valence-corrected chi connectivity index (χ3v) is 3.41. The van der Waals surface area contributed by atoms with Gasteiger partial charge in [0.15, 0.2) is 5.82 Å². The van der Waals surface area contributed by atoms with Gasteiger partial charge in [-0.2, -0.15) is 5.10 Å². The summed E-state index contributed by atoms with van der Waals surface area (Å²) in [6.45, 7) is 10.5. The Labute approximate surface area is 120 Å². The van der Waals surface area contributed by atoms with Gasteiger partial charge in [-0.25, -0.2) is 9.97 Å². The van der Waals surface area contributed by atoms with Crippen LogP contribution >= 0.6 is 0 Å². The monoisotopic (exact) mass is 273 g/mol. The van der Waals surface area contributed by atoms with E-state index in [1.54, 1.807) is 0 Å². The van der Waals surface area contributed by atoms with Gasteiger partial charge in [-0.1, -0.05) is 20.8 Å². The van der Waals surface area contributed by atoms with E-state index in [-0.39, 0.29) is 5.41 Å². The molecule has 108 valence electrons. The lowest BCUT2D eigenvalue weighted by atomic mass is 9.89. The second-order valence-corrected chi connectivity index (χ2v) is 6.17. The fourth-order valence-electron chi connectivity index (χ4n) is 2.20. The van der Waals surface area contributed by atoms with Crippen molar-refractivity contribution in [2.45, 2.75) is 40.0 Å². The molecule has 1 N–H and O–H groups in total. The van der Waals surface area contributed by atoms with Gasteiger partial charge in [0.25, 0.3) is 0 Å². The normalized spacial score (nSPS) is 11.8. The summed E-state index contributed by atoms with van der Waals surface area (Å²) in [5, 5.41) is 7.72. The average molecular weight is 273 g/mol. The minimum Gasteiger partial charge on any atom is -0.373 e. The van der Waals surface area contributed by atoms with E-state index >= 15 is 0 Å². The first kappa shape index (κ1) is 14.5. The average Bonchev–Trinajstić information content (AvgIpc) is 2.74. The first-order chi connectivity index (χ1) is 9.24. The Balaban J connectivity index is 2.66. The third-order valence-electron chi connectivity index (χ3n) is 3.41. The molecule has 0 aliphatic rings. The van der Waals surface area contributed by atoms with E-state index in [1.165, 1.54) is 0 Å². The maximum absolute atomic E-state index is 4.63. The molecule has 2 rings (SSSR count). The molecule has 2 heterocycles. The summed E-state index contributed by atoms with van der Waals surface area (Å²) in [4.78, 5) is 9.27. The number of aromatic nitrogens is 4. The fraction of sp³-hybridized carbons (Fsp3) is 0.533. The molecule has 20 heavy (non-hydrogen) atoms. The van der Waals surface area contributed by atoms with Crippen molar-refractivity contribution >= 4 is 5.82 Å². The first-order valence-corrected chi connectivity index (χ1v) is 6.81. The number of hydrogen-bond donors (Lipinski definition) is 1. The summed E-state index contributed by atoms with van der Waals surface area (Å²) in [5.74, 6) is 1.60. The largest absolute Gasteiger partial charge is 0.373 e. The minimum atomic E-state index is -0.0431. The highest BCUT2D eigenvalue weighted by molar-refractivity contribution is 5.62. The second kappa shape index (κ2) is 4.89. The van der Waals surface area contributed by atoms with Crippen molar-refractivity contribution in [3.8, 4) is 11.4 Å². The van der Waals surface area contributed by atoms with Crippen LogP contribution in [0.5, 0.6) is 0 Å². The molecule has 0 atom stereocenters. The zero-order chi connectivity index (χ0) is 15.1. The van der Waals surface area contributed by atoms with Gasteiger partial charge in [-0.15, -0.1) is 0 Å². The first-order valence-electron chi connectivity index (χ1n) is 6.81. The maximum Gasteiger partial charge on any atom is 0.165 e. The third kappa shape index (κ3) is 2.53. The van der Waals surface area contributed by atoms with Crippen LogP contribution in [0.25, 0.3) is 11.4 Å². The summed E-state index contributed by atoms with van der Waals surface area (Å²) < 4.78 is 1.83. The van der Waals surface area contributed by atoms with Crippen LogP contribution < -0.4 is 5.32 Å². The van der Waals surface area contributed by atoms with Gasteiger partial charge in [0.1, 0.15) is 5.82 Å². The van der Waals surface area contributed by atoms with Gasteiger partial charge in [-0.05, 0) is 13.8 Å². The minimum absolute atomic E-state index is 0.0431. The molecule has 0 aliphatic heterocycles. The number of nitrogens with one attached hydrogen (secondary N) is 1. The molecule has 5 nitrogen and oxygen atoms in total. The van der Waals surface area contributed by atoms with Crippen LogP contribution in [-0.4, -0.2) is 26.8 Å².